The van der Waals surface area contributed by atoms with Gasteiger partial charge in [-0.05, 0) is 55.2 Å². The molecule has 31 heavy (non-hydrogen) atoms. The lowest BCUT2D eigenvalue weighted by Crippen LogP contribution is -2.46. The maximum Gasteiger partial charge on any atom is 0.254 e. The van der Waals surface area contributed by atoms with E-state index in [1.807, 2.05) is 26.0 Å². The summed E-state index contributed by atoms with van der Waals surface area (Å²) in [6.45, 7) is 6.14. The van der Waals surface area contributed by atoms with Gasteiger partial charge in [0.25, 0.3) is 5.91 Å². The van der Waals surface area contributed by atoms with Crippen LogP contribution in [0.25, 0.3) is 0 Å². The quantitative estimate of drug-likeness (QED) is 0.578. The highest BCUT2D eigenvalue weighted by molar-refractivity contribution is 5.96. The van der Waals surface area contributed by atoms with Crippen molar-refractivity contribution in [1.29, 1.82) is 0 Å². The number of ether oxygens (including phenoxy) is 2. The van der Waals surface area contributed by atoms with Gasteiger partial charge in [0, 0.05) is 25.3 Å². The molecular formula is C24H32N2O5. The molecule has 1 aliphatic heterocycles. The summed E-state index contributed by atoms with van der Waals surface area (Å²) in [7, 11) is 1.59. The molecule has 168 valence electrons. The summed E-state index contributed by atoms with van der Waals surface area (Å²) in [5.41, 5.74) is 0.533. The fourth-order valence-electron chi connectivity index (χ4n) is 3.72. The second kappa shape index (κ2) is 11.0. The highest BCUT2D eigenvalue weighted by Crippen LogP contribution is 2.17. The summed E-state index contributed by atoms with van der Waals surface area (Å²) in [5.74, 6) is 1.34. The van der Waals surface area contributed by atoms with E-state index < -0.39 is 0 Å². The molecule has 1 aromatic heterocycles. The molecule has 2 amide bonds. The Labute approximate surface area is 183 Å². The molecular weight excluding hydrogens is 396 g/mol. The zero-order chi connectivity index (χ0) is 22.2. The smallest absolute Gasteiger partial charge is 0.254 e. The van der Waals surface area contributed by atoms with Crippen LogP contribution >= 0.6 is 0 Å². The number of carbonyl (C=O) groups is 2. The lowest BCUT2D eigenvalue weighted by atomic mass is 10.1. The van der Waals surface area contributed by atoms with Crippen molar-refractivity contribution in [3.63, 3.8) is 0 Å². The van der Waals surface area contributed by atoms with Gasteiger partial charge in [0.15, 0.2) is 0 Å². The van der Waals surface area contributed by atoms with Crippen LogP contribution in [-0.2, 0) is 16.1 Å². The number of nitrogens with zero attached hydrogens (tertiary/aromatic N) is 2. The van der Waals surface area contributed by atoms with Crippen molar-refractivity contribution in [3.8, 4) is 5.75 Å². The molecule has 2 aromatic rings. The summed E-state index contributed by atoms with van der Waals surface area (Å²) in [5, 5.41) is 0. The van der Waals surface area contributed by atoms with Gasteiger partial charge in [0.2, 0.25) is 5.91 Å². The molecule has 3 rings (SSSR count). The lowest BCUT2D eigenvalue weighted by molar-refractivity contribution is -0.134. The minimum absolute atomic E-state index is 0.0104. The summed E-state index contributed by atoms with van der Waals surface area (Å²) in [6, 6.07) is 10.6. The Kier molecular flexibility index (Phi) is 8.12. The van der Waals surface area contributed by atoms with Gasteiger partial charge >= 0.3 is 0 Å². The number of carbonyl (C=O) groups excluding carboxylic acids is 2. The maximum absolute atomic E-state index is 13.3. The Morgan fingerprint density at radius 2 is 1.94 bits per heavy atom. The van der Waals surface area contributed by atoms with E-state index in [9.17, 15) is 9.59 Å². The second-order valence-electron chi connectivity index (χ2n) is 8.30. The molecule has 0 bridgehead atoms. The number of furan rings is 1. The van der Waals surface area contributed by atoms with Crippen LogP contribution in [0, 0.1) is 5.92 Å². The molecule has 1 unspecified atom stereocenters. The van der Waals surface area contributed by atoms with Crippen LogP contribution in [0.2, 0.25) is 0 Å². The van der Waals surface area contributed by atoms with Gasteiger partial charge in [-0.1, -0.05) is 13.8 Å². The molecule has 1 fully saturated rings. The Balaban J connectivity index is 1.74. The number of methoxy groups -OCH3 is 1. The van der Waals surface area contributed by atoms with E-state index in [0.29, 0.717) is 36.7 Å². The first kappa shape index (κ1) is 22.9. The Hall–Kier alpha value is -2.80. The lowest BCUT2D eigenvalue weighted by Gasteiger charge is -2.29. The maximum atomic E-state index is 13.3. The Morgan fingerprint density at radius 3 is 2.52 bits per heavy atom. The van der Waals surface area contributed by atoms with Crippen LogP contribution in [0.3, 0.4) is 0 Å². The van der Waals surface area contributed by atoms with E-state index >= 15 is 0 Å². The first-order chi connectivity index (χ1) is 15.0. The first-order valence-corrected chi connectivity index (χ1v) is 10.8. The van der Waals surface area contributed by atoms with Gasteiger partial charge < -0.3 is 23.7 Å². The summed E-state index contributed by atoms with van der Waals surface area (Å²) < 4.78 is 16.4. The number of amides is 2. The fraction of sp³-hybridized carbons (Fsp3) is 0.500. The number of benzene rings is 1. The van der Waals surface area contributed by atoms with Gasteiger partial charge in [-0.15, -0.1) is 0 Å². The molecule has 0 radical (unpaired) electrons. The highest BCUT2D eigenvalue weighted by atomic mass is 16.5. The van der Waals surface area contributed by atoms with Crippen LogP contribution in [0.5, 0.6) is 5.75 Å². The summed E-state index contributed by atoms with van der Waals surface area (Å²) in [6.07, 6.45) is 3.56. The number of hydrogen-bond donors (Lipinski definition) is 0. The molecule has 1 aromatic carbocycles. The Morgan fingerprint density at radius 1 is 1.16 bits per heavy atom. The van der Waals surface area contributed by atoms with E-state index in [2.05, 4.69) is 0 Å². The van der Waals surface area contributed by atoms with Gasteiger partial charge in [0.05, 0.1) is 26.0 Å². The fourth-order valence-corrected chi connectivity index (χ4v) is 3.72. The summed E-state index contributed by atoms with van der Waals surface area (Å²) >= 11 is 0. The van der Waals surface area contributed by atoms with Crippen molar-refractivity contribution in [3.05, 3.63) is 54.0 Å². The average molecular weight is 429 g/mol. The standard InChI is InChI=1S/C24H32N2O5/c1-18(2)14-26(24(28)19-8-10-20(29-3)11-9-19)17-23(27)25(15-21-6-4-12-30-21)16-22-7-5-13-31-22/h4,6,8-12,18,22H,5,7,13-17H2,1-3H3. The number of hydrogen-bond acceptors (Lipinski definition) is 5. The summed E-state index contributed by atoms with van der Waals surface area (Å²) in [4.78, 5) is 29.8. The minimum atomic E-state index is -0.167. The van der Waals surface area contributed by atoms with E-state index in [4.69, 9.17) is 13.9 Å². The van der Waals surface area contributed by atoms with Crippen molar-refractivity contribution in [2.24, 2.45) is 5.92 Å². The van der Waals surface area contributed by atoms with E-state index in [1.165, 1.54) is 0 Å². The molecule has 0 aliphatic carbocycles. The predicted octanol–water partition coefficient (Wildman–Crippen LogP) is 3.59. The van der Waals surface area contributed by atoms with Gasteiger partial charge in [-0.25, -0.2) is 0 Å². The van der Waals surface area contributed by atoms with Crippen molar-refractivity contribution < 1.29 is 23.5 Å². The van der Waals surface area contributed by atoms with Gasteiger partial charge in [0.1, 0.15) is 18.1 Å². The topological polar surface area (TPSA) is 72.2 Å². The molecule has 1 aliphatic rings. The van der Waals surface area contributed by atoms with E-state index in [-0.39, 0.29) is 30.4 Å². The zero-order valence-electron chi connectivity index (χ0n) is 18.6. The van der Waals surface area contributed by atoms with Crippen molar-refractivity contribution >= 4 is 11.8 Å². The third kappa shape index (κ3) is 6.59. The SMILES string of the molecule is COc1ccc(C(=O)N(CC(=O)N(Cc2ccco2)CC2CCCO2)CC(C)C)cc1. The van der Waals surface area contributed by atoms with Crippen LogP contribution in [-0.4, -0.2) is 61.1 Å². The van der Waals surface area contributed by atoms with E-state index in [1.54, 1.807) is 47.4 Å². The van der Waals surface area contributed by atoms with Crippen molar-refractivity contribution in [2.75, 3.05) is 33.4 Å². The van der Waals surface area contributed by atoms with Crippen LogP contribution in [0.15, 0.2) is 47.1 Å². The van der Waals surface area contributed by atoms with Crippen LogP contribution < -0.4 is 4.74 Å². The Bertz CT molecular complexity index is 826. The van der Waals surface area contributed by atoms with Crippen LogP contribution in [0.1, 0.15) is 42.8 Å². The first-order valence-electron chi connectivity index (χ1n) is 10.8. The molecule has 7 nitrogen and oxygen atoms in total. The van der Waals surface area contributed by atoms with Crippen molar-refractivity contribution in [1.82, 2.24) is 9.80 Å². The molecule has 0 N–H and O–H groups in total. The minimum Gasteiger partial charge on any atom is -0.497 e. The normalized spacial score (nSPS) is 15.8. The molecule has 7 heteroatoms. The molecule has 1 saturated heterocycles. The monoisotopic (exact) mass is 428 g/mol. The predicted molar refractivity (Wildman–Crippen MR) is 117 cm³/mol. The second-order valence-corrected chi connectivity index (χ2v) is 8.30. The number of rotatable bonds is 10. The largest absolute Gasteiger partial charge is 0.497 e. The van der Waals surface area contributed by atoms with Crippen molar-refractivity contribution in [2.45, 2.75) is 39.3 Å². The molecule has 0 saturated carbocycles. The molecule has 2 heterocycles. The third-order valence-electron chi connectivity index (χ3n) is 5.26. The van der Waals surface area contributed by atoms with E-state index in [0.717, 1.165) is 19.4 Å². The zero-order valence-corrected chi connectivity index (χ0v) is 18.6. The highest BCUT2D eigenvalue weighted by Gasteiger charge is 2.27. The third-order valence-corrected chi connectivity index (χ3v) is 5.26. The van der Waals surface area contributed by atoms with Gasteiger partial charge in [-0.2, -0.15) is 0 Å². The van der Waals surface area contributed by atoms with Gasteiger partial charge in [-0.3, -0.25) is 9.59 Å². The van der Waals surface area contributed by atoms with Crippen LogP contribution in [0.4, 0.5) is 0 Å². The molecule has 1 atom stereocenters. The molecule has 0 spiro atoms. The average Bonchev–Trinajstić information content (AvgIpc) is 3.46.